The average molecular weight is 313 g/mol. The van der Waals surface area contributed by atoms with Gasteiger partial charge in [-0.2, -0.15) is 0 Å². The minimum absolute atomic E-state index is 0.0315. The van der Waals surface area contributed by atoms with E-state index in [4.69, 9.17) is 14.6 Å². The van der Waals surface area contributed by atoms with E-state index in [2.05, 4.69) is 30.1 Å². The molecule has 2 aromatic carbocycles. The Bertz CT molecular complexity index is 619. The summed E-state index contributed by atoms with van der Waals surface area (Å²) >= 11 is 0. The second-order valence-electron chi connectivity index (χ2n) is 5.97. The number of rotatable bonds is 7. The zero-order chi connectivity index (χ0) is 16.1. The molecule has 4 heteroatoms. The van der Waals surface area contributed by atoms with Crippen molar-refractivity contribution in [2.24, 2.45) is 0 Å². The number of aliphatic hydroxyl groups excluding tert-OH is 1. The van der Waals surface area contributed by atoms with Crippen LogP contribution in [0.3, 0.4) is 0 Å². The number of aliphatic hydroxyl groups is 1. The number of benzene rings is 2. The molecule has 0 spiro atoms. The lowest BCUT2D eigenvalue weighted by Gasteiger charge is -2.21. The number of fused-ring (bicyclic) bond motifs is 1. The van der Waals surface area contributed by atoms with E-state index in [0.717, 1.165) is 31.0 Å². The predicted octanol–water partition coefficient (Wildman–Crippen LogP) is 2.49. The number of ether oxygens (including phenoxy) is 2. The van der Waals surface area contributed by atoms with Crippen LogP contribution in [-0.4, -0.2) is 42.9 Å². The van der Waals surface area contributed by atoms with Crippen molar-refractivity contribution in [1.82, 2.24) is 4.90 Å². The summed E-state index contributed by atoms with van der Waals surface area (Å²) in [5.41, 5.74) is 2.49. The Morgan fingerprint density at radius 1 is 1.22 bits per heavy atom. The van der Waals surface area contributed by atoms with Crippen LogP contribution in [0.2, 0.25) is 0 Å². The lowest BCUT2D eigenvalue weighted by Crippen LogP contribution is -2.31. The molecule has 1 aliphatic heterocycles. The van der Waals surface area contributed by atoms with Crippen molar-refractivity contribution in [1.29, 1.82) is 0 Å². The zero-order valence-corrected chi connectivity index (χ0v) is 13.4. The molecule has 0 radical (unpaired) electrons. The number of hydrogen-bond acceptors (Lipinski definition) is 4. The Hall–Kier alpha value is -2.04. The summed E-state index contributed by atoms with van der Waals surface area (Å²) in [6, 6.07) is 16.3. The molecule has 2 aromatic rings. The molecule has 3 rings (SSSR count). The van der Waals surface area contributed by atoms with Gasteiger partial charge in [-0.1, -0.05) is 30.3 Å². The van der Waals surface area contributed by atoms with Crippen LogP contribution in [0, 0.1) is 0 Å². The Morgan fingerprint density at radius 2 is 2.09 bits per heavy atom. The monoisotopic (exact) mass is 313 g/mol. The standard InChI is InChI=1S/C19H23NO3/c1-20(13-15-5-4-7-17(11-15)22-10-9-21)14-18-12-16-6-2-3-8-19(16)23-18/h2-8,11,18,21H,9-10,12-14H2,1H3. The third-order valence-corrected chi connectivity index (χ3v) is 3.94. The van der Waals surface area contributed by atoms with Crippen LogP contribution in [0.4, 0.5) is 0 Å². The third kappa shape index (κ3) is 4.24. The fraction of sp³-hybridized carbons (Fsp3) is 0.368. The fourth-order valence-corrected chi connectivity index (χ4v) is 2.98. The molecule has 4 nitrogen and oxygen atoms in total. The Labute approximate surface area is 137 Å². The van der Waals surface area contributed by atoms with Crippen LogP contribution in [0.1, 0.15) is 11.1 Å². The van der Waals surface area contributed by atoms with Crippen molar-refractivity contribution in [3.05, 3.63) is 59.7 Å². The highest BCUT2D eigenvalue weighted by atomic mass is 16.5. The molecule has 0 saturated heterocycles. The highest BCUT2D eigenvalue weighted by molar-refractivity contribution is 5.37. The van der Waals surface area contributed by atoms with Crippen molar-refractivity contribution in [2.75, 3.05) is 26.8 Å². The van der Waals surface area contributed by atoms with Gasteiger partial charge in [0, 0.05) is 19.5 Å². The number of para-hydroxylation sites is 1. The van der Waals surface area contributed by atoms with Gasteiger partial charge < -0.3 is 14.6 Å². The molecule has 0 aliphatic carbocycles. The Kier molecular flexibility index (Phi) is 5.16. The van der Waals surface area contributed by atoms with Crippen molar-refractivity contribution in [3.8, 4) is 11.5 Å². The summed E-state index contributed by atoms with van der Waals surface area (Å²) in [5, 5.41) is 8.83. The zero-order valence-electron chi connectivity index (χ0n) is 13.4. The van der Waals surface area contributed by atoms with E-state index >= 15 is 0 Å². The topological polar surface area (TPSA) is 41.9 Å². The van der Waals surface area contributed by atoms with Crippen LogP contribution < -0.4 is 9.47 Å². The van der Waals surface area contributed by atoms with Crippen LogP contribution in [0.15, 0.2) is 48.5 Å². The van der Waals surface area contributed by atoms with Gasteiger partial charge >= 0.3 is 0 Å². The fourth-order valence-electron chi connectivity index (χ4n) is 2.98. The average Bonchev–Trinajstić information content (AvgIpc) is 2.95. The normalized spacial score (nSPS) is 16.2. The van der Waals surface area contributed by atoms with Gasteiger partial charge in [-0.25, -0.2) is 0 Å². The maximum atomic E-state index is 8.83. The van der Waals surface area contributed by atoms with Gasteiger partial charge in [0.05, 0.1) is 6.61 Å². The molecule has 0 amide bonds. The molecule has 122 valence electrons. The molecule has 0 aromatic heterocycles. The second-order valence-corrected chi connectivity index (χ2v) is 5.97. The van der Waals surface area contributed by atoms with Crippen LogP contribution in [-0.2, 0) is 13.0 Å². The van der Waals surface area contributed by atoms with Crippen molar-refractivity contribution in [3.63, 3.8) is 0 Å². The SMILES string of the molecule is CN(Cc1cccc(OCCO)c1)CC1Cc2ccccc2O1. The molecule has 0 fully saturated rings. The molecule has 1 N–H and O–H groups in total. The summed E-state index contributed by atoms with van der Waals surface area (Å²) in [6.07, 6.45) is 1.19. The highest BCUT2D eigenvalue weighted by Gasteiger charge is 2.23. The van der Waals surface area contributed by atoms with Crippen LogP contribution in [0.5, 0.6) is 11.5 Å². The summed E-state index contributed by atoms with van der Waals surface area (Å²) in [6.45, 7) is 2.08. The predicted molar refractivity (Wildman–Crippen MR) is 89.9 cm³/mol. The van der Waals surface area contributed by atoms with E-state index < -0.39 is 0 Å². The first-order valence-electron chi connectivity index (χ1n) is 8.00. The van der Waals surface area contributed by atoms with Gasteiger partial charge in [0.25, 0.3) is 0 Å². The molecular weight excluding hydrogens is 290 g/mol. The molecule has 0 bridgehead atoms. The number of hydrogen-bond donors (Lipinski definition) is 1. The summed E-state index contributed by atoms with van der Waals surface area (Å²) < 4.78 is 11.5. The molecular formula is C19H23NO3. The van der Waals surface area contributed by atoms with Gasteiger partial charge in [0.1, 0.15) is 24.2 Å². The minimum Gasteiger partial charge on any atom is -0.491 e. The van der Waals surface area contributed by atoms with E-state index in [1.165, 1.54) is 11.1 Å². The maximum Gasteiger partial charge on any atom is 0.123 e. The second kappa shape index (κ2) is 7.49. The molecule has 23 heavy (non-hydrogen) atoms. The van der Waals surface area contributed by atoms with Crippen molar-refractivity contribution >= 4 is 0 Å². The lowest BCUT2D eigenvalue weighted by molar-refractivity contribution is 0.165. The van der Waals surface area contributed by atoms with E-state index in [1.807, 2.05) is 30.3 Å². The van der Waals surface area contributed by atoms with Crippen LogP contribution >= 0.6 is 0 Å². The quantitative estimate of drug-likeness (QED) is 0.853. The molecule has 1 atom stereocenters. The lowest BCUT2D eigenvalue weighted by atomic mass is 10.1. The van der Waals surface area contributed by atoms with Gasteiger partial charge in [-0.05, 0) is 36.4 Å². The largest absolute Gasteiger partial charge is 0.491 e. The third-order valence-electron chi connectivity index (χ3n) is 3.94. The van der Waals surface area contributed by atoms with Gasteiger partial charge in [-0.3, -0.25) is 4.90 Å². The smallest absolute Gasteiger partial charge is 0.123 e. The molecule has 1 unspecified atom stereocenters. The van der Waals surface area contributed by atoms with E-state index in [0.29, 0.717) is 6.61 Å². The Morgan fingerprint density at radius 3 is 2.91 bits per heavy atom. The highest BCUT2D eigenvalue weighted by Crippen LogP contribution is 2.28. The van der Waals surface area contributed by atoms with Gasteiger partial charge in [0.2, 0.25) is 0 Å². The summed E-state index contributed by atoms with van der Waals surface area (Å²) in [7, 11) is 2.10. The Balaban J connectivity index is 1.53. The minimum atomic E-state index is 0.0315. The van der Waals surface area contributed by atoms with Crippen molar-refractivity contribution < 1.29 is 14.6 Å². The first-order valence-corrected chi connectivity index (χ1v) is 8.00. The molecule has 1 aliphatic rings. The maximum absolute atomic E-state index is 8.83. The molecule has 1 heterocycles. The van der Waals surface area contributed by atoms with E-state index in [9.17, 15) is 0 Å². The van der Waals surface area contributed by atoms with Crippen LogP contribution in [0.25, 0.3) is 0 Å². The van der Waals surface area contributed by atoms with Crippen molar-refractivity contribution in [2.45, 2.75) is 19.1 Å². The van der Waals surface area contributed by atoms with E-state index in [1.54, 1.807) is 0 Å². The molecule has 0 saturated carbocycles. The van der Waals surface area contributed by atoms with E-state index in [-0.39, 0.29) is 12.7 Å². The van der Waals surface area contributed by atoms with Gasteiger partial charge in [-0.15, -0.1) is 0 Å². The first-order chi connectivity index (χ1) is 11.2. The van der Waals surface area contributed by atoms with Gasteiger partial charge in [0.15, 0.2) is 0 Å². The summed E-state index contributed by atoms with van der Waals surface area (Å²) in [4.78, 5) is 2.27. The summed E-state index contributed by atoms with van der Waals surface area (Å²) in [5.74, 6) is 1.82. The number of nitrogens with zero attached hydrogens (tertiary/aromatic N) is 1. The first kappa shape index (κ1) is 15.8. The number of likely N-dealkylation sites (N-methyl/N-ethyl adjacent to an activating group) is 1.